The Morgan fingerprint density at radius 1 is 1.41 bits per heavy atom. The van der Waals surface area contributed by atoms with Crippen LogP contribution in [0.2, 0.25) is 0 Å². The maximum Gasteiger partial charge on any atom is 0.374 e. The molecule has 2 aromatic heterocycles. The van der Waals surface area contributed by atoms with Crippen molar-refractivity contribution < 1.29 is 18.3 Å². The summed E-state index contributed by atoms with van der Waals surface area (Å²) < 4.78 is 22.9. The highest BCUT2D eigenvalue weighted by Crippen LogP contribution is 2.16. The van der Waals surface area contributed by atoms with E-state index in [1.54, 1.807) is 18.2 Å². The summed E-state index contributed by atoms with van der Waals surface area (Å²) in [6.07, 6.45) is 1.38. The molecular formula is C14H11FN4O3. The zero-order chi connectivity index (χ0) is 15.5. The van der Waals surface area contributed by atoms with Gasteiger partial charge in [0, 0.05) is 11.1 Å². The highest BCUT2D eigenvalue weighted by atomic mass is 19.1. The van der Waals surface area contributed by atoms with Crippen molar-refractivity contribution in [3.63, 3.8) is 0 Å². The van der Waals surface area contributed by atoms with Crippen LogP contribution in [0.1, 0.15) is 16.1 Å². The maximum atomic E-state index is 13.2. The summed E-state index contributed by atoms with van der Waals surface area (Å²) in [5.41, 5.74) is 1.08. The van der Waals surface area contributed by atoms with E-state index in [1.165, 1.54) is 30.3 Å². The van der Waals surface area contributed by atoms with Crippen molar-refractivity contribution in [1.29, 1.82) is 0 Å². The summed E-state index contributed by atoms with van der Waals surface area (Å²) in [5, 5.41) is 11.9. The van der Waals surface area contributed by atoms with Crippen molar-refractivity contribution in [2.24, 2.45) is 0 Å². The van der Waals surface area contributed by atoms with Crippen LogP contribution < -0.4 is 0 Å². The summed E-state index contributed by atoms with van der Waals surface area (Å²) in [5.74, 6) is -0.572. The van der Waals surface area contributed by atoms with E-state index in [9.17, 15) is 9.18 Å². The Labute approximate surface area is 124 Å². The third-order valence-corrected chi connectivity index (χ3v) is 2.96. The number of benzene rings is 1. The summed E-state index contributed by atoms with van der Waals surface area (Å²) in [4.78, 5) is 12.8. The molecule has 0 amide bonds. The Kier molecular flexibility index (Phi) is 3.65. The number of methoxy groups -OCH3 is 1. The van der Waals surface area contributed by atoms with Gasteiger partial charge in [0.25, 0.3) is 0 Å². The zero-order valence-corrected chi connectivity index (χ0v) is 11.6. The van der Waals surface area contributed by atoms with Crippen molar-refractivity contribution >= 4 is 5.97 Å². The molecule has 0 N–H and O–H groups in total. The van der Waals surface area contributed by atoms with Crippen molar-refractivity contribution in [3.05, 3.63) is 53.7 Å². The number of esters is 1. The van der Waals surface area contributed by atoms with Gasteiger partial charge in [-0.2, -0.15) is 4.80 Å². The van der Waals surface area contributed by atoms with Crippen LogP contribution in [0.3, 0.4) is 0 Å². The number of carbonyl (C=O) groups is 1. The van der Waals surface area contributed by atoms with Crippen LogP contribution in [0.25, 0.3) is 11.4 Å². The molecular weight excluding hydrogens is 291 g/mol. The molecule has 0 bridgehead atoms. The van der Waals surface area contributed by atoms with Gasteiger partial charge in [0.2, 0.25) is 11.6 Å². The van der Waals surface area contributed by atoms with E-state index >= 15 is 0 Å². The third-order valence-electron chi connectivity index (χ3n) is 2.96. The fourth-order valence-corrected chi connectivity index (χ4v) is 1.94. The summed E-state index contributed by atoms with van der Waals surface area (Å²) in [7, 11) is 1.27. The van der Waals surface area contributed by atoms with Gasteiger partial charge in [-0.25, -0.2) is 9.18 Å². The van der Waals surface area contributed by atoms with Gasteiger partial charge in [0.15, 0.2) is 0 Å². The van der Waals surface area contributed by atoms with Crippen LogP contribution in [0.15, 0.2) is 41.0 Å². The zero-order valence-electron chi connectivity index (χ0n) is 11.6. The molecule has 0 atom stereocenters. The van der Waals surface area contributed by atoms with Gasteiger partial charge < -0.3 is 9.15 Å². The van der Waals surface area contributed by atoms with Gasteiger partial charge in [0.1, 0.15) is 5.82 Å². The van der Waals surface area contributed by atoms with Gasteiger partial charge in [0.05, 0.1) is 19.9 Å². The number of furan rings is 1. The SMILES string of the molecule is COC(=O)c1occc1Cn1nnc(-c2cccc(F)c2)n1. The van der Waals surface area contributed by atoms with Gasteiger partial charge in [-0.1, -0.05) is 12.1 Å². The van der Waals surface area contributed by atoms with Crippen LogP contribution in [0.4, 0.5) is 4.39 Å². The molecule has 112 valence electrons. The van der Waals surface area contributed by atoms with E-state index in [0.717, 1.165) is 0 Å². The van der Waals surface area contributed by atoms with Gasteiger partial charge in [-0.3, -0.25) is 0 Å². The highest BCUT2D eigenvalue weighted by molar-refractivity contribution is 5.87. The van der Waals surface area contributed by atoms with E-state index in [0.29, 0.717) is 17.0 Å². The molecule has 0 radical (unpaired) electrons. The Morgan fingerprint density at radius 3 is 3.05 bits per heavy atom. The number of nitrogens with zero attached hydrogens (tertiary/aromatic N) is 4. The molecule has 0 spiro atoms. The molecule has 0 saturated heterocycles. The minimum absolute atomic E-state index is 0.0899. The lowest BCUT2D eigenvalue weighted by Gasteiger charge is -1.99. The minimum atomic E-state index is -0.578. The number of tetrazole rings is 1. The summed E-state index contributed by atoms with van der Waals surface area (Å²) in [6, 6.07) is 7.53. The summed E-state index contributed by atoms with van der Waals surface area (Å²) >= 11 is 0. The monoisotopic (exact) mass is 302 g/mol. The largest absolute Gasteiger partial charge is 0.463 e. The number of rotatable bonds is 4. The highest BCUT2D eigenvalue weighted by Gasteiger charge is 2.17. The second-order valence-electron chi connectivity index (χ2n) is 4.42. The molecule has 2 heterocycles. The van der Waals surface area contributed by atoms with Crippen molar-refractivity contribution in [1.82, 2.24) is 20.2 Å². The van der Waals surface area contributed by atoms with Crippen LogP contribution in [0, 0.1) is 5.82 Å². The van der Waals surface area contributed by atoms with Crippen LogP contribution in [-0.2, 0) is 11.3 Å². The van der Waals surface area contributed by atoms with Crippen LogP contribution >= 0.6 is 0 Å². The molecule has 7 nitrogen and oxygen atoms in total. The molecule has 22 heavy (non-hydrogen) atoms. The van der Waals surface area contributed by atoms with E-state index in [2.05, 4.69) is 20.1 Å². The molecule has 0 saturated carbocycles. The van der Waals surface area contributed by atoms with Crippen molar-refractivity contribution in [2.45, 2.75) is 6.54 Å². The average Bonchev–Trinajstić information content (AvgIpc) is 3.16. The molecule has 0 aliphatic carbocycles. The standard InChI is InChI=1S/C14H11FN4O3/c1-21-14(20)12-10(5-6-22-12)8-19-17-13(16-18-19)9-3-2-4-11(15)7-9/h2-7H,8H2,1H3. The van der Waals surface area contributed by atoms with E-state index in [4.69, 9.17) is 4.42 Å². The molecule has 0 fully saturated rings. The third kappa shape index (κ3) is 2.71. The van der Waals surface area contributed by atoms with Crippen LogP contribution in [-0.4, -0.2) is 33.3 Å². The Bertz CT molecular complexity index is 812. The van der Waals surface area contributed by atoms with Crippen molar-refractivity contribution in [3.8, 4) is 11.4 Å². The molecule has 0 aliphatic heterocycles. The van der Waals surface area contributed by atoms with Gasteiger partial charge in [-0.15, -0.1) is 10.2 Å². The lowest BCUT2D eigenvalue weighted by Crippen LogP contribution is -2.09. The molecule has 3 aromatic rings. The molecule has 0 unspecified atom stereocenters. The Morgan fingerprint density at radius 2 is 2.27 bits per heavy atom. The Balaban J connectivity index is 1.83. The normalized spacial score (nSPS) is 10.6. The fraction of sp³-hybridized carbons (Fsp3) is 0.143. The number of hydrogen-bond acceptors (Lipinski definition) is 6. The number of carbonyl (C=O) groups excluding carboxylic acids is 1. The number of ether oxygens (including phenoxy) is 1. The first kappa shape index (κ1) is 13.9. The predicted octanol–water partition coefficient (Wildman–Crippen LogP) is 1.91. The fourth-order valence-electron chi connectivity index (χ4n) is 1.94. The summed E-state index contributed by atoms with van der Waals surface area (Å²) in [6.45, 7) is 0.184. The van der Waals surface area contributed by atoms with Gasteiger partial charge in [-0.05, 0) is 23.4 Å². The molecule has 0 aliphatic rings. The first-order chi connectivity index (χ1) is 10.7. The second kappa shape index (κ2) is 5.76. The Hall–Kier alpha value is -3.03. The average molecular weight is 302 g/mol. The topological polar surface area (TPSA) is 83.0 Å². The van der Waals surface area contributed by atoms with Gasteiger partial charge >= 0.3 is 5.97 Å². The predicted molar refractivity (Wildman–Crippen MR) is 72.4 cm³/mol. The van der Waals surface area contributed by atoms with E-state index in [1.807, 2.05) is 0 Å². The lowest BCUT2D eigenvalue weighted by molar-refractivity contribution is 0.0563. The number of halogens is 1. The quantitative estimate of drug-likeness (QED) is 0.685. The lowest BCUT2D eigenvalue weighted by atomic mass is 10.2. The molecule has 1 aromatic carbocycles. The minimum Gasteiger partial charge on any atom is -0.463 e. The smallest absolute Gasteiger partial charge is 0.374 e. The molecule has 3 rings (SSSR count). The van der Waals surface area contributed by atoms with E-state index < -0.39 is 5.97 Å². The van der Waals surface area contributed by atoms with Crippen LogP contribution in [0.5, 0.6) is 0 Å². The number of aromatic nitrogens is 4. The van der Waals surface area contributed by atoms with Crippen molar-refractivity contribution in [2.75, 3.05) is 7.11 Å². The number of hydrogen-bond donors (Lipinski definition) is 0. The maximum absolute atomic E-state index is 13.2. The second-order valence-corrected chi connectivity index (χ2v) is 4.42. The first-order valence-electron chi connectivity index (χ1n) is 6.36. The molecule has 8 heteroatoms. The first-order valence-corrected chi connectivity index (χ1v) is 6.36. The van der Waals surface area contributed by atoms with E-state index in [-0.39, 0.29) is 18.1 Å².